The van der Waals surface area contributed by atoms with Gasteiger partial charge in [-0.15, -0.1) is 0 Å². The Morgan fingerprint density at radius 2 is 2.27 bits per heavy atom. The van der Waals surface area contributed by atoms with Crippen molar-refractivity contribution < 1.29 is 14.3 Å². The van der Waals surface area contributed by atoms with Crippen molar-refractivity contribution in [3.63, 3.8) is 0 Å². The van der Waals surface area contributed by atoms with Crippen molar-refractivity contribution in [1.82, 2.24) is 15.6 Å². The normalized spacial score (nSPS) is 24.3. The van der Waals surface area contributed by atoms with Gasteiger partial charge in [-0.3, -0.25) is 4.79 Å². The highest BCUT2D eigenvalue weighted by Gasteiger charge is 2.33. The molecule has 0 saturated carbocycles. The van der Waals surface area contributed by atoms with Crippen molar-refractivity contribution in [3.8, 4) is 0 Å². The number of fused-ring (bicyclic) bond motifs is 1. The van der Waals surface area contributed by atoms with Gasteiger partial charge in [-0.25, -0.2) is 0 Å². The third-order valence-electron chi connectivity index (χ3n) is 5.29. The molecule has 2 aliphatic heterocycles. The first kappa shape index (κ1) is 17.6. The summed E-state index contributed by atoms with van der Waals surface area (Å²) in [6.07, 6.45) is 2.15. The average Bonchev–Trinajstić information content (AvgIpc) is 3.26. The predicted molar refractivity (Wildman–Crippen MR) is 99.4 cm³/mol. The van der Waals surface area contributed by atoms with Gasteiger partial charge in [0.25, 0.3) is 6.01 Å². The van der Waals surface area contributed by atoms with E-state index in [0.29, 0.717) is 49.2 Å². The van der Waals surface area contributed by atoms with Gasteiger partial charge in [-0.2, -0.15) is 4.98 Å². The van der Waals surface area contributed by atoms with E-state index in [2.05, 4.69) is 20.5 Å². The number of halogens is 1. The van der Waals surface area contributed by atoms with Gasteiger partial charge in [0.1, 0.15) is 5.52 Å². The molecule has 1 atom stereocenters. The van der Waals surface area contributed by atoms with E-state index >= 15 is 0 Å². The van der Waals surface area contributed by atoms with E-state index in [0.717, 1.165) is 24.9 Å². The lowest BCUT2D eigenvalue weighted by Crippen LogP contribution is -2.47. The van der Waals surface area contributed by atoms with Crippen molar-refractivity contribution in [2.24, 2.45) is 5.92 Å². The molecule has 2 aromatic rings. The quantitative estimate of drug-likeness (QED) is 0.747. The predicted octanol–water partition coefficient (Wildman–Crippen LogP) is 1.54. The lowest BCUT2D eigenvalue weighted by atomic mass is 9.95. The van der Waals surface area contributed by atoms with Crippen LogP contribution in [0.2, 0.25) is 5.02 Å². The van der Waals surface area contributed by atoms with Crippen molar-refractivity contribution in [1.29, 1.82) is 0 Å². The van der Waals surface area contributed by atoms with Crippen LogP contribution in [0.15, 0.2) is 22.6 Å². The number of nitrogens with zero attached hydrogens (tertiary/aromatic N) is 2. The molecule has 0 radical (unpaired) electrons. The number of hydrogen-bond donors (Lipinski definition) is 3. The Kier molecular flexibility index (Phi) is 4.77. The lowest BCUT2D eigenvalue weighted by molar-refractivity contribution is -0.126. The second kappa shape index (κ2) is 7.06. The lowest BCUT2D eigenvalue weighted by Gasteiger charge is -2.31. The fourth-order valence-corrected chi connectivity index (χ4v) is 3.79. The minimum atomic E-state index is -0.810. The molecule has 0 bridgehead atoms. The van der Waals surface area contributed by atoms with Gasteiger partial charge in [0.2, 0.25) is 5.91 Å². The summed E-state index contributed by atoms with van der Waals surface area (Å²) >= 11 is 5.99. The molecule has 26 heavy (non-hydrogen) atoms. The molecular formula is C18H23ClN4O3. The number of benzene rings is 1. The number of carbonyl (C=O) groups is 1. The van der Waals surface area contributed by atoms with E-state index < -0.39 is 5.60 Å². The maximum atomic E-state index is 12.4. The second-order valence-electron chi connectivity index (χ2n) is 7.24. The maximum Gasteiger partial charge on any atom is 0.298 e. The molecule has 4 rings (SSSR count). The number of nitrogens with one attached hydrogen (secondary N) is 2. The van der Waals surface area contributed by atoms with E-state index in [1.54, 1.807) is 12.1 Å². The molecular weight excluding hydrogens is 356 g/mol. The molecule has 8 heteroatoms. The number of piperidine rings is 1. The molecule has 140 valence electrons. The summed E-state index contributed by atoms with van der Waals surface area (Å²) in [6.45, 7) is 3.06. The van der Waals surface area contributed by atoms with Crippen LogP contribution in [0.3, 0.4) is 0 Å². The number of oxazole rings is 1. The van der Waals surface area contributed by atoms with Crippen LogP contribution in [0.4, 0.5) is 6.01 Å². The first-order valence-corrected chi connectivity index (χ1v) is 9.42. The van der Waals surface area contributed by atoms with Gasteiger partial charge in [0.15, 0.2) is 5.58 Å². The Labute approximate surface area is 156 Å². The number of β-amino-alcohol motifs (C(OH)–C–C–N with tert-alkyl or cyclic N) is 1. The minimum absolute atomic E-state index is 0.0225. The summed E-state index contributed by atoms with van der Waals surface area (Å²) in [5.74, 6) is -0.0163. The monoisotopic (exact) mass is 378 g/mol. The molecule has 2 aliphatic rings. The van der Waals surface area contributed by atoms with Gasteiger partial charge in [-0.1, -0.05) is 11.6 Å². The number of carbonyl (C=O) groups excluding carboxylic acids is 1. The molecule has 3 heterocycles. The minimum Gasteiger partial charge on any atom is -0.423 e. The van der Waals surface area contributed by atoms with Crippen molar-refractivity contribution in [2.75, 3.05) is 37.6 Å². The van der Waals surface area contributed by atoms with Gasteiger partial charge in [0, 0.05) is 43.2 Å². The first-order valence-electron chi connectivity index (χ1n) is 9.04. The molecule has 0 spiro atoms. The molecule has 0 aliphatic carbocycles. The van der Waals surface area contributed by atoms with Crippen LogP contribution in [0, 0.1) is 5.92 Å². The Balaban J connectivity index is 1.32. The Morgan fingerprint density at radius 1 is 1.46 bits per heavy atom. The zero-order valence-corrected chi connectivity index (χ0v) is 15.3. The number of rotatable bonds is 4. The Bertz CT molecular complexity index is 795. The van der Waals surface area contributed by atoms with E-state index in [-0.39, 0.29) is 11.8 Å². The van der Waals surface area contributed by atoms with Crippen molar-refractivity contribution in [2.45, 2.75) is 24.9 Å². The second-order valence-corrected chi connectivity index (χ2v) is 7.68. The largest absolute Gasteiger partial charge is 0.423 e. The van der Waals surface area contributed by atoms with Gasteiger partial charge < -0.3 is 25.1 Å². The zero-order chi connectivity index (χ0) is 18.1. The highest BCUT2D eigenvalue weighted by molar-refractivity contribution is 6.31. The van der Waals surface area contributed by atoms with E-state index in [9.17, 15) is 9.90 Å². The average molecular weight is 379 g/mol. The van der Waals surface area contributed by atoms with Crippen LogP contribution in [-0.2, 0) is 4.79 Å². The standard InChI is InChI=1S/C18H23ClN4O3/c19-13-1-2-14-15(9-13)26-17(22-14)23-7-3-12(4-8-23)16(24)21-11-18(25)5-6-20-10-18/h1-2,9,12,20,25H,3-8,10-11H2,(H,21,24). The van der Waals surface area contributed by atoms with E-state index in [1.807, 2.05) is 6.07 Å². The summed E-state index contributed by atoms with van der Waals surface area (Å²) in [6, 6.07) is 5.97. The number of anilines is 1. The molecule has 1 aromatic heterocycles. The van der Waals surface area contributed by atoms with E-state index in [1.165, 1.54) is 0 Å². The molecule has 2 saturated heterocycles. The first-order chi connectivity index (χ1) is 12.5. The molecule has 3 N–H and O–H groups in total. The summed E-state index contributed by atoms with van der Waals surface area (Å²) in [5.41, 5.74) is 0.643. The van der Waals surface area contributed by atoms with Crippen LogP contribution >= 0.6 is 11.6 Å². The van der Waals surface area contributed by atoms with Crippen LogP contribution in [-0.4, -0.2) is 54.3 Å². The third-order valence-corrected chi connectivity index (χ3v) is 5.52. The Morgan fingerprint density at radius 3 is 3.00 bits per heavy atom. The zero-order valence-electron chi connectivity index (χ0n) is 14.5. The van der Waals surface area contributed by atoms with Crippen molar-refractivity contribution in [3.05, 3.63) is 23.2 Å². The van der Waals surface area contributed by atoms with Crippen LogP contribution in [0.25, 0.3) is 11.1 Å². The molecule has 1 unspecified atom stereocenters. The van der Waals surface area contributed by atoms with Gasteiger partial charge >= 0.3 is 0 Å². The molecule has 2 fully saturated rings. The summed E-state index contributed by atoms with van der Waals surface area (Å²) < 4.78 is 5.80. The van der Waals surface area contributed by atoms with Gasteiger partial charge in [0.05, 0.1) is 5.60 Å². The fraction of sp³-hybridized carbons (Fsp3) is 0.556. The highest BCUT2D eigenvalue weighted by Crippen LogP contribution is 2.28. The Hall–Kier alpha value is -1.83. The fourth-order valence-electron chi connectivity index (χ4n) is 3.63. The summed E-state index contributed by atoms with van der Waals surface area (Å²) in [5, 5.41) is 17.0. The SMILES string of the molecule is O=C(NCC1(O)CCNC1)C1CCN(c2nc3ccc(Cl)cc3o2)CC1. The van der Waals surface area contributed by atoms with Crippen LogP contribution < -0.4 is 15.5 Å². The summed E-state index contributed by atoms with van der Waals surface area (Å²) in [7, 11) is 0. The number of amides is 1. The number of hydrogen-bond acceptors (Lipinski definition) is 6. The molecule has 1 aromatic carbocycles. The van der Waals surface area contributed by atoms with Gasteiger partial charge in [-0.05, 0) is 37.9 Å². The number of aliphatic hydroxyl groups is 1. The topological polar surface area (TPSA) is 90.6 Å². The highest BCUT2D eigenvalue weighted by atomic mass is 35.5. The van der Waals surface area contributed by atoms with Crippen molar-refractivity contribution >= 4 is 34.6 Å². The van der Waals surface area contributed by atoms with Crippen LogP contribution in [0.1, 0.15) is 19.3 Å². The summed E-state index contributed by atoms with van der Waals surface area (Å²) in [4.78, 5) is 19.0. The smallest absolute Gasteiger partial charge is 0.298 e. The third kappa shape index (κ3) is 3.65. The molecule has 7 nitrogen and oxygen atoms in total. The molecule has 1 amide bonds. The maximum absolute atomic E-state index is 12.4. The number of aromatic nitrogens is 1. The van der Waals surface area contributed by atoms with Crippen LogP contribution in [0.5, 0.6) is 0 Å². The van der Waals surface area contributed by atoms with E-state index in [4.69, 9.17) is 16.0 Å².